The first-order valence-corrected chi connectivity index (χ1v) is 11.9. The molecule has 0 saturated heterocycles. The zero-order valence-corrected chi connectivity index (χ0v) is 19.0. The number of amides is 1. The van der Waals surface area contributed by atoms with E-state index in [0.29, 0.717) is 6.42 Å². The summed E-state index contributed by atoms with van der Waals surface area (Å²) in [4.78, 5) is 15.8. The number of fused-ring (bicyclic) bond motifs is 1. The minimum atomic E-state index is 0.0788. The summed E-state index contributed by atoms with van der Waals surface area (Å²) < 4.78 is 0. The van der Waals surface area contributed by atoms with Crippen LogP contribution in [0.4, 0.5) is 5.69 Å². The van der Waals surface area contributed by atoms with Gasteiger partial charge in [0, 0.05) is 23.7 Å². The fourth-order valence-corrected chi connectivity index (χ4v) is 3.27. The van der Waals surface area contributed by atoms with Crippen LogP contribution in [0.1, 0.15) is 104 Å². The lowest BCUT2D eigenvalue weighted by atomic mass is 10.1. The lowest BCUT2D eigenvalue weighted by molar-refractivity contribution is -0.116. The number of aromatic nitrogens is 1. The van der Waals surface area contributed by atoms with Gasteiger partial charge in [-0.25, -0.2) is 0 Å². The third kappa shape index (κ3) is 12.3. The summed E-state index contributed by atoms with van der Waals surface area (Å²) in [5, 5.41) is 3.94. The molecule has 1 N–H and O–H groups in total. The first-order valence-electron chi connectivity index (χ1n) is 11.9. The molecule has 1 aromatic heterocycles. The minimum Gasteiger partial charge on any atom is -0.326 e. The fraction of sp³-hybridized carbons (Fsp3) is 0.615. The zero-order valence-electron chi connectivity index (χ0n) is 19.0. The second kappa shape index (κ2) is 17.0. The van der Waals surface area contributed by atoms with E-state index in [9.17, 15) is 4.79 Å². The second-order valence-electron chi connectivity index (χ2n) is 7.89. The topological polar surface area (TPSA) is 42.0 Å². The third-order valence-electron chi connectivity index (χ3n) is 5.10. The number of anilines is 1. The van der Waals surface area contributed by atoms with Gasteiger partial charge in [0.05, 0.1) is 5.52 Å². The van der Waals surface area contributed by atoms with Crippen LogP contribution >= 0.6 is 0 Å². The highest BCUT2D eigenvalue weighted by molar-refractivity contribution is 5.93. The average molecular weight is 399 g/mol. The highest BCUT2D eigenvalue weighted by Gasteiger charge is 2.02. The Labute approximate surface area is 178 Å². The molecular formula is C26H42N2O. The Balaban J connectivity index is 0.000000311. The molecule has 2 rings (SSSR count). The summed E-state index contributed by atoms with van der Waals surface area (Å²) in [6.45, 7) is 6.64. The molecule has 0 fully saturated rings. The first kappa shape index (κ1) is 25.1. The van der Waals surface area contributed by atoms with Crippen molar-refractivity contribution in [3.05, 3.63) is 36.5 Å². The molecule has 0 aliphatic rings. The van der Waals surface area contributed by atoms with E-state index in [2.05, 4.69) is 31.1 Å². The summed E-state index contributed by atoms with van der Waals surface area (Å²) in [6.07, 6.45) is 18.8. The van der Waals surface area contributed by atoms with Gasteiger partial charge in [0.2, 0.25) is 5.91 Å². The molecule has 29 heavy (non-hydrogen) atoms. The Kier molecular flexibility index (Phi) is 14.7. The van der Waals surface area contributed by atoms with E-state index in [4.69, 9.17) is 0 Å². The van der Waals surface area contributed by atoms with E-state index >= 15 is 0 Å². The van der Waals surface area contributed by atoms with Crippen molar-refractivity contribution in [3.8, 4) is 0 Å². The smallest absolute Gasteiger partial charge is 0.224 e. The van der Waals surface area contributed by atoms with Crippen molar-refractivity contribution >= 4 is 22.5 Å². The maximum absolute atomic E-state index is 11.6. The van der Waals surface area contributed by atoms with E-state index < -0.39 is 0 Å². The zero-order chi connectivity index (χ0) is 21.2. The SMILES string of the molecule is CCCCC(=O)Nc1ccc2ncccc2c1.CCCCCCCCCCCC. The van der Waals surface area contributed by atoms with Crippen molar-refractivity contribution in [3.63, 3.8) is 0 Å². The third-order valence-corrected chi connectivity index (χ3v) is 5.10. The molecule has 3 nitrogen and oxygen atoms in total. The summed E-state index contributed by atoms with van der Waals surface area (Å²) in [5.74, 6) is 0.0788. The van der Waals surface area contributed by atoms with Crippen molar-refractivity contribution in [2.75, 3.05) is 5.32 Å². The Morgan fingerprint density at radius 1 is 0.793 bits per heavy atom. The van der Waals surface area contributed by atoms with E-state index in [1.165, 1.54) is 64.2 Å². The predicted molar refractivity (Wildman–Crippen MR) is 127 cm³/mol. The lowest BCUT2D eigenvalue weighted by Gasteiger charge is -2.05. The van der Waals surface area contributed by atoms with Crippen LogP contribution in [0.15, 0.2) is 36.5 Å². The van der Waals surface area contributed by atoms with E-state index in [1.54, 1.807) is 6.20 Å². The highest BCUT2D eigenvalue weighted by atomic mass is 16.1. The minimum absolute atomic E-state index is 0.0788. The maximum atomic E-state index is 11.6. The number of hydrogen-bond acceptors (Lipinski definition) is 2. The normalized spacial score (nSPS) is 10.4. The van der Waals surface area contributed by atoms with Crippen LogP contribution in [0.2, 0.25) is 0 Å². The van der Waals surface area contributed by atoms with Crippen LogP contribution in [0, 0.1) is 0 Å². The Bertz CT molecular complexity index is 659. The van der Waals surface area contributed by atoms with E-state index in [0.717, 1.165) is 29.4 Å². The van der Waals surface area contributed by atoms with Crippen LogP contribution in [0.5, 0.6) is 0 Å². The number of rotatable bonds is 13. The molecule has 0 aliphatic heterocycles. The van der Waals surface area contributed by atoms with Gasteiger partial charge in [-0.05, 0) is 30.7 Å². The van der Waals surface area contributed by atoms with Gasteiger partial charge in [0.1, 0.15) is 0 Å². The molecule has 1 amide bonds. The summed E-state index contributed by atoms with van der Waals surface area (Å²) >= 11 is 0. The van der Waals surface area contributed by atoms with Crippen molar-refractivity contribution in [2.45, 2.75) is 104 Å². The van der Waals surface area contributed by atoms with Gasteiger partial charge >= 0.3 is 0 Å². The lowest BCUT2D eigenvalue weighted by Crippen LogP contribution is -2.10. The largest absolute Gasteiger partial charge is 0.326 e. The number of carbonyl (C=O) groups is 1. The molecule has 0 bridgehead atoms. The predicted octanol–water partition coefficient (Wildman–Crippen LogP) is 8.29. The molecule has 0 unspecified atom stereocenters. The molecule has 1 heterocycles. The number of nitrogens with zero attached hydrogens (tertiary/aromatic N) is 1. The van der Waals surface area contributed by atoms with Gasteiger partial charge in [-0.1, -0.05) is 97.5 Å². The van der Waals surface area contributed by atoms with Gasteiger partial charge in [-0.3, -0.25) is 9.78 Å². The van der Waals surface area contributed by atoms with E-state index in [-0.39, 0.29) is 5.91 Å². The first-order chi connectivity index (χ1) is 14.2. The number of benzene rings is 1. The van der Waals surface area contributed by atoms with E-state index in [1.807, 2.05) is 30.3 Å². The monoisotopic (exact) mass is 398 g/mol. The molecule has 3 heteroatoms. The van der Waals surface area contributed by atoms with Crippen molar-refractivity contribution in [1.29, 1.82) is 0 Å². The molecular weight excluding hydrogens is 356 g/mol. The summed E-state index contributed by atoms with van der Waals surface area (Å²) in [5.41, 5.74) is 1.78. The highest BCUT2D eigenvalue weighted by Crippen LogP contribution is 2.17. The molecule has 0 aliphatic carbocycles. The standard InChI is InChI=1S/C14H16N2O.C12H26/c1-2-3-6-14(17)16-12-7-8-13-11(10-12)5-4-9-15-13;1-3-5-7-9-11-12-10-8-6-4-2/h4-5,7-10H,2-3,6H2,1H3,(H,16,17);3-12H2,1-2H3. The number of hydrogen-bond donors (Lipinski definition) is 1. The van der Waals surface area contributed by atoms with Crippen molar-refractivity contribution in [2.24, 2.45) is 0 Å². The van der Waals surface area contributed by atoms with Crippen LogP contribution in [0.3, 0.4) is 0 Å². The maximum Gasteiger partial charge on any atom is 0.224 e. The molecule has 162 valence electrons. The molecule has 0 radical (unpaired) electrons. The van der Waals surface area contributed by atoms with Gasteiger partial charge in [0.15, 0.2) is 0 Å². The quantitative estimate of drug-likeness (QED) is 0.345. The summed E-state index contributed by atoms with van der Waals surface area (Å²) in [6, 6.07) is 9.64. The Morgan fingerprint density at radius 2 is 1.38 bits per heavy atom. The van der Waals surface area contributed by atoms with Crippen LogP contribution in [-0.4, -0.2) is 10.9 Å². The molecule has 1 aromatic carbocycles. The van der Waals surface area contributed by atoms with Gasteiger partial charge in [0.25, 0.3) is 0 Å². The molecule has 0 saturated carbocycles. The number of unbranched alkanes of at least 4 members (excludes halogenated alkanes) is 10. The van der Waals surface area contributed by atoms with Crippen molar-refractivity contribution in [1.82, 2.24) is 4.98 Å². The van der Waals surface area contributed by atoms with Crippen molar-refractivity contribution < 1.29 is 4.79 Å². The Hall–Kier alpha value is -1.90. The Morgan fingerprint density at radius 3 is 1.97 bits per heavy atom. The van der Waals surface area contributed by atoms with Crippen LogP contribution in [0.25, 0.3) is 10.9 Å². The second-order valence-corrected chi connectivity index (χ2v) is 7.89. The van der Waals surface area contributed by atoms with Crippen LogP contribution < -0.4 is 5.32 Å². The summed E-state index contributed by atoms with van der Waals surface area (Å²) in [7, 11) is 0. The average Bonchev–Trinajstić information content (AvgIpc) is 2.74. The molecule has 0 atom stereocenters. The van der Waals surface area contributed by atoms with Gasteiger partial charge in [-0.2, -0.15) is 0 Å². The number of nitrogens with one attached hydrogen (secondary N) is 1. The number of pyridine rings is 1. The molecule has 0 spiro atoms. The molecule has 2 aromatic rings. The fourth-order valence-electron chi connectivity index (χ4n) is 3.27. The van der Waals surface area contributed by atoms with Gasteiger partial charge < -0.3 is 5.32 Å². The van der Waals surface area contributed by atoms with Gasteiger partial charge in [-0.15, -0.1) is 0 Å². The number of carbonyl (C=O) groups excluding carboxylic acids is 1. The van der Waals surface area contributed by atoms with Crippen LogP contribution in [-0.2, 0) is 4.79 Å².